The van der Waals surface area contributed by atoms with Gasteiger partial charge in [-0.1, -0.05) is 32.6 Å². The first kappa shape index (κ1) is 11.5. The van der Waals surface area contributed by atoms with Gasteiger partial charge in [0, 0.05) is 12.5 Å². The Morgan fingerprint density at radius 3 is 2.93 bits per heavy atom. The summed E-state index contributed by atoms with van der Waals surface area (Å²) in [5.74, 6) is 6.02. The van der Waals surface area contributed by atoms with Crippen LogP contribution in [0.15, 0.2) is 0 Å². The standard InChI is InChI=1S/C11H22N2O/c1-2-3-4-7-10-8-5-6-9-13(12)11(10)14/h10H,2-9,12H2,1H3. The van der Waals surface area contributed by atoms with Gasteiger partial charge in [0.1, 0.15) is 0 Å². The molecule has 0 saturated carbocycles. The van der Waals surface area contributed by atoms with E-state index in [-0.39, 0.29) is 11.8 Å². The van der Waals surface area contributed by atoms with Crippen molar-refractivity contribution in [3.8, 4) is 0 Å². The van der Waals surface area contributed by atoms with Gasteiger partial charge in [-0.05, 0) is 19.3 Å². The van der Waals surface area contributed by atoms with Crippen molar-refractivity contribution in [1.82, 2.24) is 5.01 Å². The SMILES string of the molecule is CCCCCC1CCCCN(N)C1=O. The van der Waals surface area contributed by atoms with Crippen molar-refractivity contribution in [2.45, 2.75) is 51.9 Å². The fourth-order valence-electron chi connectivity index (χ4n) is 2.05. The first-order chi connectivity index (χ1) is 6.75. The summed E-state index contributed by atoms with van der Waals surface area (Å²) < 4.78 is 0. The van der Waals surface area contributed by atoms with Crippen molar-refractivity contribution in [2.24, 2.45) is 11.8 Å². The zero-order valence-electron chi connectivity index (χ0n) is 9.17. The van der Waals surface area contributed by atoms with Crippen LogP contribution in [0.4, 0.5) is 0 Å². The van der Waals surface area contributed by atoms with Crippen LogP contribution < -0.4 is 5.84 Å². The molecule has 2 N–H and O–H groups in total. The van der Waals surface area contributed by atoms with Crippen LogP contribution in [0.25, 0.3) is 0 Å². The van der Waals surface area contributed by atoms with E-state index in [0.29, 0.717) is 0 Å². The molecule has 82 valence electrons. The molecule has 3 heteroatoms. The summed E-state index contributed by atoms with van der Waals surface area (Å²) in [6.45, 7) is 2.92. The molecule has 14 heavy (non-hydrogen) atoms. The largest absolute Gasteiger partial charge is 0.280 e. The monoisotopic (exact) mass is 198 g/mol. The van der Waals surface area contributed by atoms with Crippen LogP contribution in [-0.4, -0.2) is 17.5 Å². The number of hydrogen-bond acceptors (Lipinski definition) is 2. The molecule has 3 nitrogen and oxygen atoms in total. The lowest BCUT2D eigenvalue weighted by atomic mass is 9.96. The van der Waals surface area contributed by atoms with Gasteiger partial charge in [-0.25, -0.2) is 5.84 Å². The summed E-state index contributed by atoms with van der Waals surface area (Å²) in [5, 5.41) is 1.42. The number of nitrogens with zero attached hydrogens (tertiary/aromatic N) is 1. The molecule has 1 amide bonds. The van der Waals surface area contributed by atoms with E-state index in [4.69, 9.17) is 5.84 Å². The fourth-order valence-corrected chi connectivity index (χ4v) is 2.05. The molecular weight excluding hydrogens is 176 g/mol. The maximum absolute atomic E-state index is 11.7. The van der Waals surface area contributed by atoms with Gasteiger partial charge in [-0.15, -0.1) is 0 Å². The third-order valence-corrected chi connectivity index (χ3v) is 2.99. The smallest absolute Gasteiger partial charge is 0.239 e. The summed E-state index contributed by atoms with van der Waals surface area (Å²) in [6.07, 6.45) is 7.89. The van der Waals surface area contributed by atoms with Gasteiger partial charge >= 0.3 is 0 Å². The number of amides is 1. The van der Waals surface area contributed by atoms with Crippen LogP contribution in [0.2, 0.25) is 0 Å². The highest BCUT2D eigenvalue weighted by atomic mass is 16.2. The summed E-state index contributed by atoms with van der Waals surface area (Å²) in [6, 6.07) is 0. The predicted octanol–water partition coefficient (Wildman–Crippen LogP) is 2.07. The number of nitrogens with two attached hydrogens (primary N) is 1. The van der Waals surface area contributed by atoms with E-state index < -0.39 is 0 Å². The summed E-state index contributed by atoms with van der Waals surface area (Å²) >= 11 is 0. The minimum Gasteiger partial charge on any atom is -0.280 e. The molecule has 0 spiro atoms. The van der Waals surface area contributed by atoms with E-state index in [0.717, 1.165) is 32.2 Å². The normalized spacial score (nSPS) is 23.7. The Kier molecular flexibility index (Phi) is 4.94. The summed E-state index contributed by atoms with van der Waals surface area (Å²) in [7, 11) is 0. The van der Waals surface area contributed by atoms with Crippen LogP contribution in [-0.2, 0) is 4.79 Å². The maximum atomic E-state index is 11.7. The highest BCUT2D eigenvalue weighted by Crippen LogP contribution is 2.21. The lowest BCUT2D eigenvalue weighted by Crippen LogP contribution is -2.40. The lowest BCUT2D eigenvalue weighted by Gasteiger charge is -2.18. The fraction of sp³-hybridized carbons (Fsp3) is 0.909. The molecule has 1 unspecified atom stereocenters. The highest BCUT2D eigenvalue weighted by molar-refractivity contribution is 5.78. The second-order valence-corrected chi connectivity index (χ2v) is 4.22. The molecule has 1 fully saturated rings. The van der Waals surface area contributed by atoms with E-state index in [2.05, 4.69) is 6.92 Å². The Morgan fingerprint density at radius 2 is 2.21 bits per heavy atom. The first-order valence-electron chi connectivity index (χ1n) is 5.81. The van der Waals surface area contributed by atoms with Crippen molar-refractivity contribution in [1.29, 1.82) is 0 Å². The van der Waals surface area contributed by atoms with Gasteiger partial charge < -0.3 is 0 Å². The number of carbonyl (C=O) groups excluding carboxylic acids is 1. The third-order valence-electron chi connectivity index (χ3n) is 2.99. The molecule has 1 aliphatic rings. The Bertz CT molecular complexity index is 182. The Morgan fingerprint density at radius 1 is 1.43 bits per heavy atom. The van der Waals surface area contributed by atoms with Gasteiger partial charge in [0.05, 0.1) is 0 Å². The van der Waals surface area contributed by atoms with Crippen LogP contribution in [0.3, 0.4) is 0 Å². The summed E-state index contributed by atoms with van der Waals surface area (Å²) in [5.41, 5.74) is 0. The van der Waals surface area contributed by atoms with E-state index in [1.807, 2.05) is 0 Å². The van der Waals surface area contributed by atoms with Crippen LogP contribution >= 0.6 is 0 Å². The van der Waals surface area contributed by atoms with Gasteiger partial charge in [0.15, 0.2) is 0 Å². The van der Waals surface area contributed by atoms with E-state index in [9.17, 15) is 4.79 Å². The minimum atomic E-state index is 0.165. The molecule has 0 aliphatic carbocycles. The van der Waals surface area contributed by atoms with Gasteiger partial charge in [-0.2, -0.15) is 0 Å². The third kappa shape index (κ3) is 3.29. The average molecular weight is 198 g/mol. The molecule has 0 aromatic heterocycles. The predicted molar refractivity (Wildman–Crippen MR) is 57.4 cm³/mol. The van der Waals surface area contributed by atoms with E-state index in [1.54, 1.807) is 0 Å². The molecular formula is C11H22N2O. The van der Waals surface area contributed by atoms with Crippen LogP contribution in [0.5, 0.6) is 0 Å². The highest BCUT2D eigenvalue weighted by Gasteiger charge is 2.24. The number of unbranched alkanes of at least 4 members (excludes halogenated alkanes) is 2. The Labute approximate surface area is 86.6 Å². The molecule has 1 rings (SSSR count). The zero-order chi connectivity index (χ0) is 10.4. The molecule has 0 radical (unpaired) electrons. The number of rotatable bonds is 4. The average Bonchev–Trinajstić information content (AvgIpc) is 2.33. The zero-order valence-corrected chi connectivity index (χ0v) is 9.17. The summed E-state index contributed by atoms with van der Waals surface area (Å²) in [4.78, 5) is 11.7. The topological polar surface area (TPSA) is 46.3 Å². The molecule has 1 heterocycles. The quantitative estimate of drug-likeness (QED) is 0.427. The van der Waals surface area contributed by atoms with Crippen molar-refractivity contribution in [3.05, 3.63) is 0 Å². The van der Waals surface area contributed by atoms with Crippen LogP contribution in [0.1, 0.15) is 51.9 Å². The number of hydrogen-bond donors (Lipinski definition) is 1. The molecule has 0 bridgehead atoms. The molecule has 0 aromatic carbocycles. The molecule has 1 atom stereocenters. The Balaban J connectivity index is 2.36. The number of carbonyl (C=O) groups is 1. The van der Waals surface area contributed by atoms with Crippen molar-refractivity contribution >= 4 is 5.91 Å². The van der Waals surface area contributed by atoms with Gasteiger partial charge in [-0.3, -0.25) is 9.80 Å². The van der Waals surface area contributed by atoms with Gasteiger partial charge in [0.2, 0.25) is 5.91 Å². The lowest BCUT2D eigenvalue weighted by molar-refractivity contribution is -0.135. The van der Waals surface area contributed by atoms with Crippen molar-refractivity contribution in [2.75, 3.05) is 6.54 Å². The van der Waals surface area contributed by atoms with Gasteiger partial charge in [0.25, 0.3) is 0 Å². The molecule has 1 saturated heterocycles. The second-order valence-electron chi connectivity index (χ2n) is 4.22. The minimum absolute atomic E-state index is 0.165. The van der Waals surface area contributed by atoms with E-state index in [1.165, 1.54) is 24.3 Å². The van der Waals surface area contributed by atoms with Crippen molar-refractivity contribution in [3.63, 3.8) is 0 Å². The molecule has 1 aliphatic heterocycles. The van der Waals surface area contributed by atoms with Crippen molar-refractivity contribution < 1.29 is 4.79 Å². The van der Waals surface area contributed by atoms with Crippen LogP contribution in [0, 0.1) is 5.92 Å². The maximum Gasteiger partial charge on any atom is 0.239 e. The van der Waals surface area contributed by atoms with E-state index >= 15 is 0 Å². The number of hydrazine groups is 1. The Hall–Kier alpha value is -0.570. The molecule has 0 aromatic rings. The first-order valence-corrected chi connectivity index (χ1v) is 5.81. The second kappa shape index (κ2) is 6.02.